The standard InChI is InChI=1S/C14H20N2O2/c1-14(2)9-10-5-3-6-11(13(10)18-14)17-8-4-7-12(15)16/h3,5-6H,4,7-9H2,1-2H3,(H3,15,16). The third-order valence-electron chi connectivity index (χ3n) is 2.90. The Bertz CT molecular complexity index is 455. The van der Waals surface area contributed by atoms with Crippen LogP contribution in [0.2, 0.25) is 0 Å². The Balaban J connectivity index is 1.99. The van der Waals surface area contributed by atoms with Crippen LogP contribution < -0.4 is 15.2 Å². The van der Waals surface area contributed by atoms with Crippen molar-refractivity contribution in [3.8, 4) is 11.5 Å². The van der Waals surface area contributed by atoms with Crippen LogP contribution in [0, 0.1) is 5.41 Å². The van der Waals surface area contributed by atoms with Gasteiger partial charge in [0.1, 0.15) is 5.60 Å². The molecule has 2 rings (SSSR count). The largest absolute Gasteiger partial charge is 0.490 e. The van der Waals surface area contributed by atoms with Gasteiger partial charge >= 0.3 is 0 Å². The van der Waals surface area contributed by atoms with Crippen molar-refractivity contribution in [1.82, 2.24) is 0 Å². The van der Waals surface area contributed by atoms with Crippen molar-refractivity contribution in [2.75, 3.05) is 6.61 Å². The lowest BCUT2D eigenvalue weighted by atomic mass is 10.0. The van der Waals surface area contributed by atoms with Crippen molar-refractivity contribution >= 4 is 5.84 Å². The average Bonchev–Trinajstić information content (AvgIpc) is 2.58. The molecule has 1 heterocycles. The van der Waals surface area contributed by atoms with E-state index in [0.717, 1.165) is 24.3 Å². The molecule has 0 spiro atoms. The predicted octanol–water partition coefficient (Wildman–Crippen LogP) is 2.50. The summed E-state index contributed by atoms with van der Waals surface area (Å²) < 4.78 is 11.6. The maximum absolute atomic E-state index is 7.15. The molecule has 3 N–H and O–H groups in total. The molecular weight excluding hydrogens is 228 g/mol. The molecule has 98 valence electrons. The molecule has 0 fully saturated rings. The van der Waals surface area contributed by atoms with E-state index in [1.165, 1.54) is 5.56 Å². The number of nitrogens with two attached hydrogens (primary N) is 1. The van der Waals surface area contributed by atoms with E-state index in [1.54, 1.807) is 0 Å². The van der Waals surface area contributed by atoms with E-state index >= 15 is 0 Å². The van der Waals surface area contributed by atoms with Crippen molar-refractivity contribution in [3.05, 3.63) is 23.8 Å². The first-order valence-corrected chi connectivity index (χ1v) is 6.24. The van der Waals surface area contributed by atoms with E-state index in [2.05, 4.69) is 19.9 Å². The first-order valence-electron chi connectivity index (χ1n) is 6.24. The Morgan fingerprint density at radius 2 is 2.28 bits per heavy atom. The second-order valence-electron chi connectivity index (χ2n) is 5.26. The fourth-order valence-corrected chi connectivity index (χ4v) is 2.15. The summed E-state index contributed by atoms with van der Waals surface area (Å²) in [7, 11) is 0. The Kier molecular flexibility index (Phi) is 3.45. The molecule has 0 aliphatic carbocycles. The van der Waals surface area contributed by atoms with E-state index in [1.807, 2.05) is 12.1 Å². The second kappa shape index (κ2) is 4.88. The summed E-state index contributed by atoms with van der Waals surface area (Å²) in [4.78, 5) is 0. The van der Waals surface area contributed by atoms with Crippen LogP contribution in [0.1, 0.15) is 32.3 Å². The molecular formula is C14H20N2O2. The zero-order valence-electron chi connectivity index (χ0n) is 11.0. The van der Waals surface area contributed by atoms with Gasteiger partial charge in [-0.3, -0.25) is 5.41 Å². The van der Waals surface area contributed by atoms with Crippen LogP contribution in [0.3, 0.4) is 0 Å². The van der Waals surface area contributed by atoms with Gasteiger partial charge in [0.2, 0.25) is 0 Å². The number of rotatable bonds is 5. The van der Waals surface area contributed by atoms with Crippen LogP contribution in [0.5, 0.6) is 11.5 Å². The van der Waals surface area contributed by atoms with Gasteiger partial charge in [0, 0.05) is 18.4 Å². The van der Waals surface area contributed by atoms with Crippen molar-refractivity contribution in [2.24, 2.45) is 5.73 Å². The highest BCUT2D eigenvalue weighted by atomic mass is 16.5. The molecule has 1 aromatic carbocycles. The molecule has 0 amide bonds. The maximum Gasteiger partial charge on any atom is 0.165 e. The van der Waals surface area contributed by atoms with Crippen molar-refractivity contribution in [3.63, 3.8) is 0 Å². The second-order valence-corrected chi connectivity index (χ2v) is 5.26. The topological polar surface area (TPSA) is 68.3 Å². The third-order valence-corrected chi connectivity index (χ3v) is 2.90. The minimum absolute atomic E-state index is 0.152. The van der Waals surface area contributed by atoms with Crippen LogP contribution in [0.25, 0.3) is 0 Å². The Morgan fingerprint density at radius 3 is 3.00 bits per heavy atom. The van der Waals surface area contributed by atoms with Gasteiger partial charge in [-0.25, -0.2) is 0 Å². The quantitative estimate of drug-likeness (QED) is 0.478. The number of benzene rings is 1. The molecule has 4 nitrogen and oxygen atoms in total. The van der Waals surface area contributed by atoms with Gasteiger partial charge in [-0.2, -0.15) is 0 Å². The fourth-order valence-electron chi connectivity index (χ4n) is 2.15. The van der Waals surface area contributed by atoms with Crippen molar-refractivity contribution in [1.29, 1.82) is 5.41 Å². The zero-order valence-corrected chi connectivity index (χ0v) is 11.0. The minimum Gasteiger partial charge on any atom is -0.490 e. The number of ether oxygens (including phenoxy) is 2. The SMILES string of the molecule is CC1(C)Cc2cccc(OCCCC(=N)N)c2O1. The highest BCUT2D eigenvalue weighted by Crippen LogP contribution is 2.41. The molecule has 0 saturated carbocycles. The van der Waals surface area contributed by atoms with Gasteiger partial charge in [-0.15, -0.1) is 0 Å². The van der Waals surface area contributed by atoms with Gasteiger partial charge in [0.05, 0.1) is 12.4 Å². The normalized spacial score (nSPS) is 15.9. The summed E-state index contributed by atoms with van der Waals surface area (Å²) in [5, 5.41) is 7.15. The number of hydrogen-bond donors (Lipinski definition) is 2. The lowest BCUT2D eigenvalue weighted by Crippen LogP contribution is -2.24. The summed E-state index contributed by atoms with van der Waals surface area (Å²) in [5.41, 5.74) is 6.35. The molecule has 18 heavy (non-hydrogen) atoms. The van der Waals surface area contributed by atoms with Crippen LogP contribution in [-0.4, -0.2) is 18.0 Å². The zero-order chi connectivity index (χ0) is 13.2. The molecule has 1 aliphatic heterocycles. The Labute approximate surface area is 108 Å². The lowest BCUT2D eigenvalue weighted by molar-refractivity contribution is 0.132. The van der Waals surface area contributed by atoms with E-state index in [-0.39, 0.29) is 11.4 Å². The Hall–Kier alpha value is -1.71. The van der Waals surface area contributed by atoms with E-state index in [9.17, 15) is 0 Å². The van der Waals surface area contributed by atoms with Crippen molar-refractivity contribution < 1.29 is 9.47 Å². The first-order chi connectivity index (χ1) is 8.48. The van der Waals surface area contributed by atoms with E-state index < -0.39 is 0 Å². The van der Waals surface area contributed by atoms with Gasteiger partial charge in [0.15, 0.2) is 11.5 Å². The minimum atomic E-state index is -0.152. The predicted molar refractivity (Wildman–Crippen MR) is 71.5 cm³/mol. The number of fused-ring (bicyclic) bond motifs is 1. The highest BCUT2D eigenvalue weighted by molar-refractivity contribution is 5.76. The number of hydrogen-bond acceptors (Lipinski definition) is 3. The van der Waals surface area contributed by atoms with Gasteiger partial charge in [-0.05, 0) is 26.3 Å². The van der Waals surface area contributed by atoms with Crippen molar-refractivity contribution in [2.45, 2.75) is 38.7 Å². The number of amidine groups is 1. The monoisotopic (exact) mass is 248 g/mol. The molecule has 0 aromatic heterocycles. The summed E-state index contributed by atoms with van der Waals surface area (Å²) >= 11 is 0. The number of para-hydroxylation sites is 1. The molecule has 0 bridgehead atoms. The lowest BCUT2D eigenvalue weighted by Gasteiger charge is -2.18. The molecule has 4 heteroatoms. The molecule has 0 radical (unpaired) electrons. The maximum atomic E-state index is 7.15. The molecule has 0 saturated heterocycles. The van der Waals surface area contributed by atoms with E-state index in [4.69, 9.17) is 20.6 Å². The first kappa shape index (κ1) is 12.7. The van der Waals surface area contributed by atoms with Gasteiger partial charge < -0.3 is 15.2 Å². The number of nitrogens with one attached hydrogen (secondary N) is 1. The molecule has 1 aromatic rings. The summed E-state index contributed by atoms with van der Waals surface area (Å²) in [5.74, 6) is 1.86. The van der Waals surface area contributed by atoms with Gasteiger partial charge in [-0.1, -0.05) is 12.1 Å². The van der Waals surface area contributed by atoms with Crippen LogP contribution in [-0.2, 0) is 6.42 Å². The van der Waals surface area contributed by atoms with Crippen LogP contribution >= 0.6 is 0 Å². The molecule has 0 atom stereocenters. The van der Waals surface area contributed by atoms with E-state index in [0.29, 0.717) is 13.0 Å². The molecule has 1 aliphatic rings. The van der Waals surface area contributed by atoms with Crippen LogP contribution in [0.15, 0.2) is 18.2 Å². The van der Waals surface area contributed by atoms with Crippen LogP contribution in [0.4, 0.5) is 0 Å². The average molecular weight is 248 g/mol. The highest BCUT2D eigenvalue weighted by Gasteiger charge is 2.32. The third kappa shape index (κ3) is 2.94. The summed E-state index contributed by atoms with van der Waals surface area (Å²) in [6.45, 7) is 4.71. The van der Waals surface area contributed by atoms with Gasteiger partial charge in [0.25, 0.3) is 0 Å². The smallest absolute Gasteiger partial charge is 0.165 e. The fraction of sp³-hybridized carbons (Fsp3) is 0.500. The summed E-state index contributed by atoms with van der Waals surface area (Å²) in [6, 6.07) is 5.99. The molecule has 0 unspecified atom stereocenters. The Morgan fingerprint density at radius 1 is 1.50 bits per heavy atom. The summed E-state index contributed by atoms with van der Waals surface area (Å²) in [6.07, 6.45) is 2.23.